The van der Waals surface area contributed by atoms with Crippen molar-refractivity contribution in [1.29, 1.82) is 0 Å². The number of sulfonamides is 1. The van der Waals surface area contributed by atoms with Gasteiger partial charge >= 0.3 is 0 Å². The lowest BCUT2D eigenvalue weighted by Crippen LogP contribution is -2.37. The van der Waals surface area contributed by atoms with Crippen LogP contribution < -0.4 is 10.5 Å². The number of rotatable bonds is 3. The molecule has 2 heterocycles. The standard InChI is InChI=1S/C9H14N2O2S3/c10-7-4-9(15-5-7)16(12,13)11-8-2-1-3-14-6-8/h4-5,8,11H,1-3,6,10H2. The van der Waals surface area contributed by atoms with Crippen molar-refractivity contribution in [3.05, 3.63) is 11.4 Å². The van der Waals surface area contributed by atoms with Crippen LogP contribution in [0.2, 0.25) is 0 Å². The molecule has 1 aliphatic rings. The molecular weight excluding hydrogens is 264 g/mol. The average Bonchev–Trinajstić information content (AvgIpc) is 2.66. The van der Waals surface area contributed by atoms with E-state index in [1.165, 1.54) is 6.07 Å². The first kappa shape index (κ1) is 12.2. The van der Waals surface area contributed by atoms with Crippen molar-refractivity contribution in [3.8, 4) is 0 Å². The van der Waals surface area contributed by atoms with Crippen molar-refractivity contribution < 1.29 is 8.42 Å². The number of hydrogen-bond donors (Lipinski definition) is 2. The van der Waals surface area contributed by atoms with Gasteiger partial charge in [0.2, 0.25) is 10.0 Å². The van der Waals surface area contributed by atoms with E-state index in [2.05, 4.69) is 4.72 Å². The Morgan fingerprint density at radius 2 is 2.31 bits per heavy atom. The van der Waals surface area contributed by atoms with Crippen LogP contribution in [-0.2, 0) is 10.0 Å². The van der Waals surface area contributed by atoms with E-state index in [9.17, 15) is 8.42 Å². The van der Waals surface area contributed by atoms with E-state index in [1.807, 2.05) is 0 Å². The summed E-state index contributed by atoms with van der Waals surface area (Å²) in [4.78, 5) is 0. The number of hydrogen-bond acceptors (Lipinski definition) is 5. The summed E-state index contributed by atoms with van der Waals surface area (Å²) in [5.41, 5.74) is 6.03. The molecule has 1 fully saturated rings. The molecule has 1 aromatic heterocycles. The summed E-state index contributed by atoms with van der Waals surface area (Å²) in [6.07, 6.45) is 2.00. The van der Waals surface area contributed by atoms with E-state index >= 15 is 0 Å². The van der Waals surface area contributed by atoms with E-state index in [0.29, 0.717) is 9.90 Å². The molecule has 2 rings (SSSR count). The van der Waals surface area contributed by atoms with Crippen LogP contribution in [0.5, 0.6) is 0 Å². The molecule has 16 heavy (non-hydrogen) atoms. The Bertz CT molecular complexity index is 449. The van der Waals surface area contributed by atoms with Gasteiger partial charge in [-0.1, -0.05) is 0 Å². The maximum atomic E-state index is 11.9. The number of thioether (sulfide) groups is 1. The fourth-order valence-electron chi connectivity index (χ4n) is 1.58. The molecule has 0 radical (unpaired) electrons. The Balaban J connectivity index is 2.07. The van der Waals surface area contributed by atoms with E-state index in [4.69, 9.17) is 5.73 Å². The van der Waals surface area contributed by atoms with Gasteiger partial charge in [-0.2, -0.15) is 11.8 Å². The van der Waals surface area contributed by atoms with Crippen LogP contribution in [0.1, 0.15) is 12.8 Å². The summed E-state index contributed by atoms with van der Waals surface area (Å²) in [5, 5.41) is 1.64. The molecule has 0 bridgehead atoms. The highest BCUT2D eigenvalue weighted by atomic mass is 32.2. The van der Waals surface area contributed by atoms with Crippen LogP contribution in [0.4, 0.5) is 5.69 Å². The molecule has 1 atom stereocenters. The number of nitrogens with one attached hydrogen (secondary N) is 1. The largest absolute Gasteiger partial charge is 0.398 e. The highest BCUT2D eigenvalue weighted by Crippen LogP contribution is 2.24. The number of anilines is 1. The van der Waals surface area contributed by atoms with Gasteiger partial charge in [-0.25, -0.2) is 13.1 Å². The van der Waals surface area contributed by atoms with Gasteiger partial charge in [0.05, 0.1) is 0 Å². The molecule has 1 unspecified atom stereocenters. The maximum Gasteiger partial charge on any atom is 0.250 e. The molecule has 1 aromatic rings. The zero-order valence-electron chi connectivity index (χ0n) is 8.68. The monoisotopic (exact) mass is 278 g/mol. The summed E-state index contributed by atoms with van der Waals surface area (Å²) >= 11 is 2.96. The Morgan fingerprint density at radius 1 is 1.50 bits per heavy atom. The Hall–Kier alpha value is -0.240. The van der Waals surface area contributed by atoms with E-state index in [0.717, 1.165) is 35.7 Å². The third-order valence-corrected chi connectivity index (χ3v) is 6.54. The van der Waals surface area contributed by atoms with Crippen LogP contribution in [0.25, 0.3) is 0 Å². The molecule has 0 spiro atoms. The van der Waals surface area contributed by atoms with Gasteiger partial charge in [-0.3, -0.25) is 0 Å². The van der Waals surface area contributed by atoms with Crippen molar-refractivity contribution in [2.45, 2.75) is 23.1 Å². The average molecular weight is 278 g/mol. The maximum absolute atomic E-state index is 11.9. The van der Waals surface area contributed by atoms with Gasteiger partial charge in [0.15, 0.2) is 0 Å². The zero-order chi connectivity index (χ0) is 11.6. The van der Waals surface area contributed by atoms with Crippen LogP contribution in [-0.4, -0.2) is 26.0 Å². The molecule has 3 N–H and O–H groups in total. The molecule has 0 aliphatic carbocycles. The summed E-state index contributed by atoms with van der Waals surface area (Å²) in [7, 11) is -3.36. The first-order valence-corrected chi connectivity index (χ1v) is 8.54. The Morgan fingerprint density at radius 3 is 2.88 bits per heavy atom. The van der Waals surface area contributed by atoms with E-state index in [-0.39, 0.29) is 6.04 Å². The smallest absolute Gasteiger partial charge is 0.250 e. The molecule has 7 heteroatoms. The molecule has 0 aromatic carbocycles. The number of nitrogens with two attached hydrogens (primary N) is 1. The predicted octanol–water partition coefficient (Wildman–Crippen LogP) is 1.50. The minimum absolute atomic E-state index is 0.0621. The minimum Gasteiger partial charge on any atom is -0.398 e. The summed E-state index contributed by atoms with van der Waals surface area (Å²) in [6.45, 7) is 0. The highest BCUT2D eigenvalue weighted by Gasteiger charge is 2.23. The van der Waals surface area contributed by atoms with Crippen molar-refractivity contribution >= 4 is 38.8 Å². The van der Waals surface area contributed by atoms with Gasteiger partial charge in [0, 0.05) is 22.9 Å². The van der Waals surface area contributed by atoms with Gasteiger partial charge < -0.3 is 5.73 Å². The SMILES string of the molecule is Nc1csc(S(=O)(=O)NC2CCCSC2)c1. The summed E-state index contributed by atoms with van der Waals surface area (Å²) < 4.78 is 26.9. The first-order chi connectivity index (χ1) is 7.58. The summed E-state index contributed by atoms with van der Waals surface area (Å²) in [5.74, 6) is 1.99. The third-order valence-electron chi connectivity index (χ3n) is 2.34. The fraction of sp³-hybridized carbons (Fsp3) is 0.556. The molecular formula is C9H14N2O2S3. The zero-order valence-corrected chi connectivity index (χ0v) is 11.1. The Kier molecular flexibility index (Phi) is 3.78. The van der Waals surface area contributed by atoms with Gasteiger partial charge in [0.25, 0.3) is 0 Å². The van der Waals surface area contributed by atoms with Crippen molar-refractivity contribution in [1.82, 2.24) is 4.72 Å². The van der Waals surface area contributed by atoms with Gasteiger partial charge in [-0.15, -0.1) is 11.3 Å². The second-order valence-electron chi connectivity index (χ2n) is 3.73. The van der Waals surface area contributed by atoms with Crippen molar-refractivity contribution in [2.75, 3.05) is 17.2 Å². The number of thiophene rings is 1. The fourth-order valence-corrected chi connectivity index (χ4v) is 5.13. The highest BCUT2D eigenvalue weighted by molar-refractivity contribution is 7.99. The predicted molar refractivity (Wildman–Crippen MR) is 69.4 cm³/mol. The van der Waals surface area contributed by atoms with E-state index < -0.39 is 10.0 Å². The van der Waals surface area contributed by atoms with Gasteiger partial charge in [-0.05, 0) is 24.7 Å². The summed E-state index contributed by atoms with van der Waals surface area (Å²) in [6, 6.07) is 1.57. The molecule has 0 saturated carbocycles. The van der Waals surface area contributed by atoms with Crippen molar-refractivity contribution in [2.24, 2.45) is 0 Å². The first-order valence-electron chi connectivity index (χ1n) is 5.02. The normalized spacial score (nSPS) is 22.1. The van der Waals surface area contributed by atoms with Crippen molar-refractivity contribution in [3.63, 3.8) is 0 Å². The minimum atomic E-state index is -3.36. The van der Waals surface area contributed by atoms with Gasteiger partial charge in [0.1, 0.15) is 4.21 Å². The van der Waals surface area contributed by atoms with Crippen LogP contribution in [0.15, 0.2) is 15.7 Å². The number of nitrogen functional groups attached to an aromatic ring is 1. The van der Waals surface area contributed by atoms with Crippen LogP contribution in [0.3, 0.4) is 0 Å². The third kappa shape index (κ3) is 2.91. The second kappa shape index (κ2) is 4.95. The quantitative estimate of drug-likeness (QED) is 0.879. The molecule has 1 saturated heterocycles. The lowest BCUT2D eigenvalue weighted by molar-refractivity contribution is 0.545. The topological polar surface area (TPSA) is 72.2 Å². The molecule has 1 aliphatic heterocycles. The lowest BCUT2D eigenvalue weighted by Gasteiger charge is -2.21. The van der Waals surface area contributed by atoms with Crippen LogP contribution in [0, 0.1) is 0 Å². The molecule has 0 amide bonds. The molecule has 4 nitrogen and oxygen atoms in total. The van der Waals surface area contributed by atoms with Crippen LogP contribution >= 0.6 is 23.1 Å². The Labute approximate surface area is 104 Å². The second-order valence-corrected chi connectivity index (χ2v) is 7.74. The van der Waals surface area contributed by atoms with E-state index in [1.54, 1.807) is 17.1 Å². The lowest BCUT2D eigenvalue weighted by atomic mass is 10.2. The molecule has 90 valence electrons.